The molecule has 2 amide bonds. The Hall–Kier alpha value is -1.58. The van der Waals surface area contributed by atoms with E-state index in [-0.39, 0.29) is 22.9 Å². The van der Waals surface area contributed by atoms with E-state index in [0.29, 0.717) is 24.3 Å². The number of amides is 2. The molecule has 0 saturated carbocycles. The van der Waals surface area contributed by atoms with Crippen molar-refractivity contribution in [2.45, 2.75) is 43.2 Å². The Labute approximate surface area is 137 Å². The molecule has 3 rings (SSSR count). The van der Waals surface area contributed by atoms with Crippen molar-refractivity contribution in [3.8, 4) is 0 Å². The third kappa shape index (κ3) is 2.62. The second-order valence-corrected chi connectivity index (χ2v) is 7.56. The average molecular weight is 341 g/mol. The highest BCUT2D eigenvalue weighted by molar-refractivity contribution is 8.03. The molecule has 3 heterocycles. The molecular weight excluding hydrogens is 322 g/mol. The van der Waals surface area contributed by atoms with Gasteiger partial charge in [-0.3, -0.25) is 9.59 Å². The molecule has 9 heteroatoms. The molecule has 5 atom stereocenters. The number of carboxylic acids is 1. The van der Waals surface area contributed by atoms with Gasteiger partial charge in [-0.25, -0.2) is 4.79 Å². The fourth-order valence-corrected chi connectivity index (χ4v) is 4.98. The second-order valence-electron chi connectivity index (χ2n) is 6.16. The monoisotopic (exact) mass is 341 g/mol. The number of aliphatic hydroxyl groups excluding tert-OH is 1. The molecule has 0 radical (unpaired) electrons. The summed E-state index contributed by atoms with van der Waals surface area (Å²) in [7, 11) is 0. The van der Waals surface area contributed by atoms with Gasteiger partial charge in [-0.05, 0) is 13.3 Å². The van der Waals surface area contributed by atoms with Crippen LogP contribution in [0.2, 0.25) is 0 Å². The molecule has 0 bridgehead atoms. The smallest absolute Gasteiger partial charge is 0.353 e. The van der Waals surface area contributed by atoms with Gasteiger partial charge >= 0.3 is 5.97 Å². The molecule has 23 heavy (non-hydrogen) atoms. The number of carboxylic acid groups (broad SMARTS) is 1. The number of hydrogen-bond acceptors (Lipinski definition) is 6. The van der Waals surface area contributed by atoms with Gasteiger partial charge in [0, 0.05) is 23.1 Å². The molecule has 0 unspecified atom stereocenters. The number of rotatable bonds is 5. The van der Waals surface area contributed by atoms with Crippen LogP contribution in [-0.2, 0) is 14.4 Å². The number of hydrogen-bond donors (Lipinski definition) is 4. The van der Waals surface area contributed by atoms with Gasteiger partial charge in [-0.1, -0.05) is 0 Å². The minimum atomic E-state index is -1.13. The summed E-state index contributed by atoms with van der Waals surface area (Å²) in [6, 6.07) is -0.677. The summed E-state index contributed by atoms with van der Waals surface area (Å²) >= 11 is 1.39. The van der Waals surface area contributed by atoms with Crippen LogP contribution < -0.4 is 11.1 Å². The Morgan fingerprint density at radius 3 is 2.70 bits per heavy atom. The number of aliphatic carboxylic acids is 1. The maximum absolute atomic E-state index is 12.1. The average Bonchev–Trinajstić information content (AvgIpc) is 3.02. The number of aliphatic hydroxyl groups is 1. The quantitative estimate of drug-likeness (QED) is 0.464. The maximum atomic E-state index is 12.1. The predicted molar refractivity (Wildman–Crippen MR) is 82.1 cm³/mol. The first kappa shape index (κ1) is 16.3. The zero-order valence-electron chi connectivity index (χ0n) is 12.6. The van der Waals surface area contributed by atoms with E-state index in [0.717, 1.165) is 0 Å². The molecule has 126 valence electrons. The molecular formula is C14H19N3O5S. The van der Waals surface area contributed by atoms with E-state index < -0.39 is 29.9 Å². The topological polar surface area (TPSA) is 133 Å². The van der Waals surface area contributed by atoms with Gasteiger partial charge in [0.05, 0.1) is 24.1 Å². The normalized spacial score (nSPS) is 34.3. The number of nitrogens with zero attached hydrogens (tertiary/aromatic N) is 1. The van der Waals surface area contributed by atoms with Crippen molar-refractivity contribution in [1.29, 1.82) is 0 Å². The van der Waals surface area contributed by atoms with Crippen molar-refractivity contribution in [3.63, 3.8) is 0 Å². The van der Waals surface area contributed by atoms with Gasteiger partial charge in [0.25, 0.3) is 0 Å². The van der Waals surface area contributed by atoms with Gasteiger partial charge in [-0.15, -0.1) is 11.8 Å². The molecule has 3 aliphatic rings. The lowest BCUT2D eigenvalue weighted by Crippen LogP contribution is -2.61. The Bertz CT molecular complexity index is 605. The van der Waals surface area contributed by atoms with Crippen LogP contribution in [-0.4, -0.2) is 62.9 Å². The zero-order valence-corrected chi connectivity index (χ0v) is 13.4. The zero-order chi connectivity index (χ0) is 16.9. The molecule has 0 aromatic heterocycles. The third-order valence-electron chi connectivity index (χ3n) is 4.63. The van der Waals surface area contributed by atoms with Crippen LogP contribution in [0.15, 0.2) is 10.6 Å². The Morgan fingerprint density at radius 1 is 1.48 bits per heavy atom. The summed E-state index contributed by atoms with van der Waals surface area (Å²) in [6.07, 6.45) is 0.177. The largest absolute Gasteiger partial charge is 0.477 e. The lowest BCUT2D eigenvalue weighted by atomic mass is 9.83. The van der Waals surface area contributed by atoms with Crippen LogP contribution in [0, 0.1) is 5.92 Å². The lowest BCUT2D eigenvalue weighted by molar-refractivity contribution is -0.161. The van der Waals surface area contributed by atoms with Crippen LogP contribution in [0.3, 0.4) is 0 Å². The highest BCUT2D eigenvalue weighted by Gasteiger charge is 2.57. The second kappa shape index (κ2) is 5.81. The van der Waals surface area contributed by atoms with E-state index >= 15 is 0 Å². The van der Waals surface area contributed by atoms with Crippen molar-refractivity contribution < 1.29 is 24.6 Å². The highest BCUT2D eigenvalue weighted by Crippen LogP contribution is 2.48. The summed E-state index contributed by atoms with van der Waals surface area (Å²) in [4.78, 5) is 36.8. The van der Waals surface area contributed by atoms with Crippen molar-refractivity contribution in [2.24, 2.45) is 11.7 Å². The van der Waals surface area contributed by atoms with Gasteiger partial charge in [0.2, 0.25) is 11.8 Å². The molecule has 8 nitrogen and oxygen atoms in total. The summed E-state index contributed by atoms with van der Waals surface area (Å²) in [5.74, 6) is -2.43. The first-order valence-electron chi connectivity index (χ1n) is 7.48. The molecule has 2 saturated heterocycles. The molecule has 0 spiro atoms. The van der Waals surface area contributed by atoms with Crippen molar-refractivity contribution in [1.82, 2.24) is 10.2 Å². The van der Waals surface area contributed by atoms with E-state index in [1.807, 2.05) is 0 Å². The van der Waals surface area contributed by atoms with Crippen LogP contribution in [0.1, 0.15) is 19.8 Å². The SMILES string of the molecule is C[C@@H](O)[C@H]1C(=O)N2C(C(=O)O)=C(S[C@@H]3CN[C@H](C(N)=O)C3)C[C@H]12. The Morgan fingerprint density at radius 2 is 2.17 bits per heavy atom. The summed E-state index contributed by atoms with van der Waals surface area (Å²) < 4.78 is 0. The van der Waals surface area contributed by atoms with E-state index in [9.17, 15) is 24.6 Å². The number of primary amides is 1. The van der Waals surface area contributed by atoms with Crippen molar-refractivity contribution in [3.05, 3.63) is 10.6 Å². The lowest BCUT2D eigenvalue weighted by Gasteiger charge is -2.44. The molecule has 2 fully saturated rings. The van der Waals surface area contributed by atoms with Crippen LogP contribution in [0.5, 0.6) is 0 Å². The highest BCUT2D eigenvalue weighted by atomic mass is 32.2. The molecule has 0 aromatic rings. The minimum absolute atomic E-state index is 0.0180. The molecule has 0 aliphatic carbocycles. The first-order valence-corrected chi connectivity index (χ1v) is 8.36. The number of nitrogens with two attached hydrogens (primary N) is 1. The van der Waals surface area contributed by atoms with Crippen LogP contribution >= 0.6 is 11.8 Å². The van der Waals surface area contributed by atoms with E-state index in [1.165, 1.54) is 16.7 Å². The van der Waals surface area contributed by atoms with Crippen LogP contribution in [0.4, 0.5) is 0 Å². The predicted octanol–water partition coefficient (Wildman–Crippen LogP) is -1.16. The van der Waals surface area contributed by atoms with Crippen LogP contribution in [0.25, 0.3) is 0 Å². The summed E-state index contributed by atoms with van der Waals surface area (Å²) in [5.41, 5.74) is 5.29. The number of carbonyl (C=O) groups excluding carboxylic acids is 2. The number of β-lactam (4-membered cyclic amide) rings is 1. The third-order valence-corrected chi connectivity index (χ3v) is 5.97. The van der Waals surface area contributed by atoms with Crippen molar-refractivity contribution in [2.75, 3.05) is 6.54 Å². The van der Waals surface area contributed by atoms with Gasteiger partial charge in [0.15, 0.2) is 0 Å². The van der Waals surface area contributed by atoms with E-state index in [1.54, 1.807) is 6.92 Å². The fourth-order valence-electron chi connectivity index (χ4n) is 3.55. The number of carbonyl (C=O) groups is 3. The Kier molecular flexibility index (Phi) is 4.11. The molecule has 5 N–H and O–H groups in total. The number of thioether (sulfide) groups is 1. The Balaban J connectivity index is 1.75. The first-order chi connectivity index (χ1) is 10.8. The maximum Gasteiger partial charge on any atom is 0.353 e. The number of fused-ring (bicyclic) bond motifs is 1. The molecule has 0 aromatic carbocycles. The van der Waals surface area contributed by atoms with Gasteiger partial charge in [0.1, 0.15) is 5.70 Å². The standard InChI is InChI=1S/C14H19N3O5S/c1-5(18)10-8-3-9(11(14(21)22)17(8)13(10)20)23-6-2-7(12(15)19)16-4-6/h5-8,10,16,18H,2-4H2,1H3,(H2,15,19)(H,21,22)/t5-,6+,7+,8-,10-/m1/s1. The summed E-state index contributed by atoms with van der Waals surface area (Å²) in [5, 5.41) is 22.2. The van der Waals surface area contributed by atoms with E-state index in [4.69, 9.17) is 5.73 Å². The van der Waals surface area contributed by atoms with Crippen molar-refractivity contribution >= 4 is 29.5 Å². The number of nitrogens with one attached hydrogen (secondary N) is 1. The van der Waals surface area contributed by atoms with E-state index in [2.05, 4.69) is 5.32 Å². The van der Waals surface area contributed by atoms with Gasteiger partial charge in [-0.2, -0.15) is 0 Å². The van der Waals surface area contributed by atoms with Gasteiger partial charge < -0.3 is 26.2 Å². The minimum Gasteiger partial charge on any atom is -0.477 e. The fraction of sp³-hybridized carbons (Fsp3) is 0.643. The summed E-state index contributed by atoms with van der Waals surface area (Å²) in [6.45, 7) is 2.11. The molecule has 3 aliphatic heterocycles.